The minimum atomic E-state index is -0.811. The molecule has 2 aliphatic rings. The van der Waals surface area contributed by atoms with Gasteiger partial charge in [0, 0.05) is 26.2 Å². The number of nitrogens with zero attached hydrogens (tertiary/aromatic N) is 2. The lowest BCUT2D eigenvalue weighted by Crippen LogP contribution is -2.43. The summed E-state index contributed by atoms with van der Waals surface area (Å²) in [5.41, 5.74) is 0. The van der Waals surface area contributed by atoms with Crippen molar-refractivity contribution in [1.29, 1.82) is 0 Å². The Balaban J connectivity index is 1.75. The van der Waals surface area contributed by atoms with Gasteiger partial charge in [-0.15, -0.1) is 0 Å². The average molecular weight is 297 g/mol. The predicted octanol–water partition coefficient (Wildman–Crippen LogP) is -0.624. The van der Waals surface area contributed by atoms with Crippen LogP contribution in [0.3, 0.4) is 0 Å². The number of carboxylic acids is 1. The summed E-state index contributed by atoms with van der Waals surface area (Å²) < 4.78 is 0. The average Bonchev–Trinajstić information content (AvgIpc) is 3.10. The predicted molar refractivity (Wildman–Crippen MR) is 75.5 cm³/mol. The van der Waals surface area contributed by atoms with Crippen LogP contribution in [0.5, 0.6) is 0 Å². The molecule has 7 nitrogen and oxygen atoms in total. The lowest BCUT2D eigenvalue weighted by atomic mass is 9.99. The quantitative estimate of drug-likeness (QED) is 0.682. The molecule has 1 saturated heterocycles. The monoisotopic (exact) mass is 297 g/mol. The molecule has 2 fully saturated rings. The number of carbonyl (C=O) groups is 3. The van der Waals surface area contributed by atoms with Gasteiger partial charge in [0.1, 0.15) is 0 Å². The van der Waals surface area contributed by atoms with Crippen molar-refractivity contribution in [2.75, 3.05) is 33.2 Å². The molecule has 1 aliphatic heterocycles. The second kappa shape index (κ2) is 6.43. The largest absolute Gasteiger partial charge is 0.481 e. The molecule has 2 unspecified atom stereocenters. The van der Waals surface area contributed by atoms with Gasteiger partial charge in [-0.2, -0.15) is 0 Å². The van der Waals surface area contributed by atoms with Gasteiger partial charge in [0.25, 0.3) is 0 Å². The Morgan fingerprint density at radius 3 is 2.48 bits per heavy atom. The molecule has 7 heteroatoms. The number of carbonyl (C=O) groups excluding carboxylic acids is 2. The molecule has 0 aromatic heterocycles. The van der Waals surface area contributed by atoms with Crippen molar-refractivity contribution in [2.24, 2.45) is 11.8 Å². The van der Waals surface area contributed by atoms with Crippen LogP contribution in [-0.2, 0) is 14.4 Å². The molecule has 2 N–H and O–H groups in total. The highest BCUT2D eigenvalue weighted by molar-refractivity contribution is 5.85. The van der Waals surface area contributed by atoms with Gasteiger partial charge in [-0.3, -0.25) is 19.3 Å². The minimum Gasteiger partial charge on any atom is -0.481 e. The van der Waals surface area contributed by atoms with Crippen LogP contribution in [0.4, 0.5) is 0 Å². The highest BCUT2D eigenvalue weighted by Crippen LogP contribution is 2.22. The van der Waals surface area contributed by atoms with Crippen LogP contribution in [-0.4, -0.2) is 72.0 Å². The van der Waals surface area contributed by atoms with Gasteiger partial charge in [-0.25, -0.2) is 0 Å². The number of carboxylic acid groups (broad SMARTS) is 1. The first kappa shape index (κ1) is 15.8. The van der Waals surface area contributed by atoms with Crippen LogP contribution in [0.2, 0.25) is 0 Å². The number of hydrogen-bond donors (Lipinski definition) is 2. The maximum absolute atomic E-state index is 12.1. The summed E-state index contributed by atoms with van der Waals surface area (Å²) in [5.74, 6) is -1.47. The zero-order chi connectivity index (χ0) is 15.6. The first-order chi connectivity index (χ1) is 9.86. The Labute approximate surface area is 124 Å². The normalized spacial score (nSPS) is 25.6. The van der Waals surface area contributed by atoms with Gasteiger partial charge in [0.15, 0.2) is 0 Å². The van der Waals surface area contributed by atoms with E-state index in [0.717, 1.165) is 12.8 Å². The molecule has 2 amide bonds. The van der Waals surface area contributed by atoms with Crippen LogP contribution in [0.25, 0.3) is 0 Å². The molecule has 0 aromatic carbocycles. The van der Waals surface area contributed by atoms with E-state index in [1.54, 1.807) is 7.05 Å². The molecule has 2 atom stereocenters. The number of hydrogen-bond acceptors (Lipinski definition) is 4. The fraction of sp³-hybridized carbons (Fsp3) is 0.786. The van der Waals surface area contributed by atoms with E-state index in [-0.39, 0.29) is 36.9 Å². The van der Waals surface area contributed by atoms with E-state index in [0.29, 0.717) is 13.1 Å². The molecule has 1 aliphatic carbocycles. The molecular formula is C14H23N3O4. The number of amides is 2. The van der Waals surface area contributed by atoms with Gasteiger partial charge in [0.2, 0.25) is 11.8 Å². The molecule has 0 radical (unpaired) electrons. The van der Waals surface area contributed by atoms with E-state index >= 15 is 0 Å². The Bertz CT molecular complexity index is 436. The van der Waals surface area contributed by atoms with Gasteiger partial charge < -0.3 is 15.3 Å². The summed E-state index contributed by atoms with van der Waals surface area (Å²) in [4.78, 5) is 38.0. The number of rotatable bonds is 6. The SMILES string of the molecule is CC1CN(CC(=O)N(C)CC(=O)NC2CC2)CC1C(=O)O. The Morgan fingerprint density at radius 2 is 1.95 bits per heavy atom. The third kappa shape index (κ3) is 4.42. The first-order valence-electron chi connectivity index (χ1n) is 7.35. The van der Waals surface area contributed by atoms with Crippen molar-refractivity contribution in [1.82, 2.24) is 15.1 Å². The van der Waals surface area contributed by atoms with E-state index in [4.69, 9.17) is 5.11 Å². The summed E-state index contributed by atoms with van der Waals surface area (Å²) in [6, 6.07) is 0.289. The molecule has 1 saturated carbocycles. The molecule has 1 heterocycles. The Morgan fingerprint density at radius 1 is 1.29 bits per heavy atom. The van der Waals surface area contributed by atoms with Crippen LogP contribution in [0.15, 0.2) is 0 Å². The molecule has 0 aromatic rings. The first-order valence-corrected chi connectivity index (χ1v) is 7.35. The van der Waals surface area contributed by atoms with Gasteiger partial charge >= 0.3 is 5.97 Å². The van der Waals surface area contributed by atoms with Crippen molar-refractivity contribution < 1.29 is 19.5 Å². The van der Waals surface area contributed by atoms with Gasteiger partial charge in [-0.05, 0) is 18.8 Å². The maximum atomic E-state index is 12.1. The third-order valence-corrected chi connectivity index (χ3v) is 4.11. The fourth-order valence-electron chi connectivity index (χ4n) is 2.63. The number of nitrogens with one attached hydrogen (secondary N) is 1. The number of aliphatic carboxylic acids is 1. The van der Waals surface area contributed by atoms with Crippen molar-refractivity contribution in [3.05, 3.63) is 0 Å². The van der Waals surface area contributed by atoms with Crippen molar-refractivity contribution >= 4 is 17.8 Å². The molecule has 0 bridgehead atoms. The van der Waals surface area contributed by atoms with Crippen LogP contribution in [0, 0.1) is 11.8 Å². The third-order valence-electron chi connectivity index (χ3n) is 4.11. The minimum absolute atomic E-state index is 0.0405. The van der Waals surface area contributed by atoms with Gasteiger partial charge in [0.05, 0.1) is 19.0 Å². The van der Waals surface area contributed by atoms with Crippen LogP contribution >= 0.6 is 0 Å². The fourth-order valence-corrected chi connectivity index (χ4v) is 2.63. The van der Waals surface area contributed by atoms with Crippen molar-refractivity contribution in [3.8, 4) is 0 Å². The molecule has 0 spiro atoms. The number of likely N-dealkylation sites (N-methyl/N-ethyl adjacent to an activating group) is 1. The maximum Gasteiger partial charge on any atom is 0.308 e. The summed E-state index contributed by atoms with van der Waals surface area (Å²) in [6.07, 6.45) is 2.04. The van der Waals surface area contributed by atoms with Gasteiger partial charge in [-0.1, -0.05) is 6.92 Å². The summed E-state index contributed by atoms with van der Waals surface area (Å²) in [7, 11) is 1.60. The lowest BCUT2D eigenvalue weighted by Gasteiger charge is -2.21. The number of likely N-dealkylation sites (tertiary alicyclic amines) is 1. The zero-order valence-electron chi connectivity index (χ0n) is 12.5. The summed E-state index contributed by atoms with van der Waals surface area (Å²) >= 11 is 0. The Hall–Kier alpha value is -1.63. The van der Waals surface area contributed by atoms with E-state index < -0.39 is 11.9 Å². The molecular weight excluding hydrogens is 274 g/mol. The highest BCUT2D eigenvalue weighted by atomic mass is 16.4. The summed E-state index contributed by atoms with van der Waals surface area (Å²) in [5, 5.41) is 11.9. The standard InChI is InChI=1S/C14H23N3O4/c1-9-5-17(6-11(9)14(20)21)8-13(19)16(2)7-12(18)15-10-3-4-10/h9-11H,3-8H2,1-2H3,(H,15,18)(H,20,21). The summed E-state index contributed by atoms with van der Waals surface area (Å²) in [6.45, 7) is 3.10. The topological polar surface area (TPSA) is 90.0 Å². The smallest absolute Gasteiger partial charge is 0.308 e. The second-order valence-electron chi connectivity index (χ2n) is 6.21. The Kier molecular flexibility index (Phi) is 4.82. The van der Waals surface area contributed by atoms with E-state index in [1.807, 2.05) is 11.8 Å². The van der Waals surface area contributed by atoms with Crippen molar-refractivity contribution in [2.45, 2.75) is 25.8 Å². The molecule has 118 valence electrons. The zero-order valence-corrected chi connectivity index (χ0v) is 12.5. The van der Waals surface area contributed by atoms with E-state index in [1.165, 1.54) is 4.90 Å². The van der Waals surface area contributed by atoms with E-state index in [2.05, 4.69) is 5.32 Å². The van der Waals surface area contributed by atoms with Crippen LogP contribution < -0.4 is 5.32 Å². The second-order valence-corrected chi connectivity index (χ2v) is 6.21. The van der Waals surface area contributed by atoms with Crippen LogP contribution in [0.1, 0.15) is 19.8 Å². The van der Waals surface area contributed by atoms with E-state index in [9.17, 15) is 14.4 Å². The lowest BCUT2D eigenvalue weighted by molar-refractivity contribution is -0.142. The highest BCUT2D eigenvalue weighted by Gasteiger charge is 2.35. The van der Waals surface area contributed by atoms with Crippen molar-refractivity contribution in [3.63, 3.8) is 0 Å². The molecule has 2 rings (SSSR count). The molecule has 21 heavy (non-hydrogen) atoms.